The molecule has 0 unspecified atom stereocenters. The lowest BCUT2D eigenvalue weighted by Crippen LogP contribution is -2.12. The van der Waals surface area contributed by atoms with E-state index < -0.39 is 0 Å². The van der Waals surface area contributed by atoms with Crippen LogP contribution < -0.4 is 10.4 Å². The fourth-order valence-electron chi connectivity index (χ4n) is 2.83. The molecule has 0 atom stereocenters. The van der Waals surface area contributed by atoms with Gasteiger partial charge in [0.05, 0.1) is 5.39 Å². The predicted molar refractivity (Wildman–Crippen MR) is 97.6 cm³/mol. The minimum Gasteiger partial charge on any atom is -0.485 e. The first kappa shape index (κ1) is 17.0. The highest BCUT2D eigenvalue weighted by Gasteiger charge is 2.14. The number of rotatable bonds is 5. The third-order valence-corrected chi connectivity index (χ3v) is 4.15. The van der Waals surface area contributed by atoms with Crippen LogP contribution in [0.4, 0.5) is 0 Å². The van der Waals surface area contributed by atoms with Gasteiger partial charge in [0.1, 0.15) is 11.3 Å². The number of Topliss-reactive ketones (excluding diaryl/α,β-unsaturated/α-hetero) is 1. The monoisotopic (exact) mass is 336 g/mol. The first-order valence-corrected chi connectivity index (χ1v) is 8.28. The van der Waals surface area contributed by atoms with Crippen molar-refractivity contribution in [2.75, 3.05) is 6.61 Å². The van der Waals surface area contributed by atoms with Gasteiger partial charge in [0.15, 0.2) is 12.4 Å². The van der Waals surface area contributed by atoms with Crippen LogP contribution in [0.5, 0.6) is 5.75 Å². The molecule has 1 heterocycles. The van der Waals surface area contributed by atoms with E-state index in [1.165, 1.54) is 6.07 Å². The van der Waals surface area contributed by atoms with Crippen LogP contribution in [-0.2, 0) is 6.42 Å². The lowest BCUT2D eigenvalue weighted by molar-refractivity contribution is 0.0922. The molecule has 3 aromatic rings. The van der Waals surface area contributed by atoms with Crippen LogP contribution in [0.2, 0.25) is 0 Å². The first-order valence-electron chi connectivity index (χ1n) is 8.28. The molecule has 0 amide bonds. The molecule has 4 heteroatoms. The Balaban J connectivity index is 1.94. The van der Waals surface area contributed by atoms with Crippen molar-refractivity contribution in [2.45, 2.75) is 27.2 Å². The Kier molecular flexibility index (Phi) is 4.70. The van der Waals surface area contributed by atoms with Crippen molar-refractivity contribution in [3.8, 4) is 5.75 Å². The van der Waals surface area contributed by atoms with E-state index in [4.69, 9.17) is 9.15 Å². The molecule has 0 N–H and O–H groups in total. The summed E-state index contributed by atoms with van der Waals surface area (Å²) in [5.74, 6) is 0.473. The maximum absolute atomic E-state index is 12.4. The summed E-state index contributed by atoms with van der Waals surface area (Å²) in [6.07, 6.45) is 0.674. The van der Waals surface area contributed by atoms with Gasteiger partial charge in [-0.25, -0.2) is 4.79 Å². The number of carbonyl (C=O) groups is 1. The van der Waals surface area contributed by atoms with Crippen LogP contribution in [0.15, 0.2) is 51.7 Å². The molecular formula is C21H20O4. The molecule has 4 nitrogen and oxygen atoms in total. The van der Waals surface area contributed by atoms with Gasteiger partial charge in [-0.2, -0.15) is 0 Å². The summed E-state index contributed by atoms with van der Waals surface area (Å²) in [7, 11) is 0. The van der Waals surface area contributed by atoms with Crippen molar-refractivity contribution in [1.29, 1.82) is 0 Å². The summed E-state index contributed by atoms with van der Waals surface area (Å²) < 4.78 is 11.1. The van der Waals surface area contributed by atoms with Crippen molar-refractivity contribution in [3.63, 3.8) is 0 Å². The summed E-state index contributed by atoms with van der Waals surface area (Å²) in [5, 5.41) is 0.754. The summed E-state index contributed by atoms with van der Waals surface area (Å²) in [5.41, 5.74) is 3.58. The Morgan fingerprint density at radius 3 is 2.44 bits per heavy atom. The van der Waals surface area contributed by atoms with Crippen molar-refractivity contribution < 1.29 is 13.9 Å². The van der Waals surface area contributed by atoms with Crippen molar-refractivity contribution in [2.24, 2.45) is 0 Å². The van der Waals surface area contributed by atoms with E-state index in [0.717, 1.165) is 22.1 Å². The Labute approximate surface area is 146 Å². The van der Waals surface area contributed by atoms with Crippen molar-refractivity contribution >= 4 is 16.8 Å². The van der Waals surface area contributed by atoms with Crippen LogP contribution in [-0.4, -0.2) is 12.4 Å². The number of hydrogen-bond donors (Lipinski definition) is 0. The standard InChI is InChI=1S/C21H20O4/c1-4-15-11-20(23)25-19-10-14(3)9-18(21(15)19)24-12-17(22)16-7-5-13(2)6-8-16/h5-11H,4,12H2,1-3H3. The van der Waals surface area contributed by atoms with Gasteiger partial charge in [-0.15, -0.1) is 0 Å². The molecule has 0 aliphatic rings. The lowest BCUT2D eigenvalue weighted by atomic mass is 10.0. The number of hydrogen-bond acceptors (Lipinski definition) is 4. The van der Waals surface area contributed by atoms with Gasteiger partial charge in [-0.05, 0) is 43.5 Å². The molecule has 0 saturated heterocycles. The minimum absolute atomic E-state index is 0.0656. The highest BCUT2D eigenvalue weighted by molar-refractivity contribution is 5.97. The van der Waals surface area contributed by atoms with Crippen molar-refractivity contribution in [1.82, 2.24) is 0 Å². The molecule has 1 aromatic heterocycles. The second-order valence-corrected chi connectivity index (χ2v) is 6.16. The summed E-state index contributed by atoms with van der Waals surface area (Å²) in [6.45, 7) is 5.77. The topological polar surface area (TPSA) is 56.5 Å². The highest BCUT2D eigenvalue weighted by atomic mass is 16.5. The van der Waals surface area contributed by atoms with Crippen LogP contribution in [0.1, 0.15) is 34.0 Å². The largest absolute Gasteiger partial charge is 0.485 e. The van der Waals surface area contributed by atoms with Gasteiger partial charge in [-0.1, -0.05) is 36.8 Å². The average molecular weight is 336 g/mol. The third kappa shape index (κ3) is 3.63. The van der Waals surface area contributed by atoms with E-state index >= 15 is 0 Å². The van der Waals surface area contributed by atoms with Gasteiger partial charge in [0.2, 0.25) is 0 Å². The molecule has 0 saturated carbocycles. The number of aryl methyl sites for hydroxylation is 3. The SMILES string of the molecule is CCc1cc(=O)oc2cc(C)cc(OCC(=O)c3ccc(C)cc3)c12. The smallest absolute Gasteiger partial charge is 0.336 e. The fraction of sp³-hybridized carbons (Fsp3) is 0.238. The Morgan fingerprint density at radius 2 is 1.76 bits per heavy atom. The van der Waals surface area contributed by atoms with E-state index in [1.54, 1.807) is 12.1 Å². The van der Waals surface area contributed by atoms with Crippen molar-refractivity contribution in [3.05, 3.63) is 75.1 Å². The zero-order chi connectivity index (χ0) is 18.0. The normalized spacial score (nSPS) is 10.8. The molecule has 0 spiro atoms. The van der Waals surface area contributed by atoms with Crippen LogP contribution >= 0.6 is 0 Å². The predicted octanol–water partition coefficient (Wildman–Crippen LogP) is 4.23. The molecule has 2 aromatic carbocycles. The van der Waals surface area contributed by atoms with E-state index in [1.807, 2.05) is 45.0 Å². The minimum atomic E-state index is -0.378. The third-order valence-electron chi connectivity index (χ3n) is 4.15. The maximum atomic E-state index is 12.4. The Hall–Kier alpha value is -2.88. The molecule has 0 fully saturated rings. The van der Waals surface area contributed by atoms with Crippen LogP contribution in [0, 0.1) is 13.8 Å². The second-order valence-electron chi connectivity index (χ2n) is 6.16. The fourth-order valence-corrected chi connectivity index (χ4v) is 2.83. The van der Waals surface area contributed by atoms with E-state index in [-0.39, 0.29) is 18.0 Å². The summed E-state index contributed by atoms with van der Waals surface area (Å²) in [6, 6.07) is 12.6. The summed E-state index contributed by atoms with van der Waals surface area (Å²) in [4.78, 5) is 24.1. The van der Waals surface area contributed by atoms with Crippen LogP contribution in [0.25, 0.3) is 11.0 Å². The quantitative estimate of drug-likeness (QED) is 0.517. The Morgan fingerprint density at radius 1 is 1.04 bits per heavy atom. The second kappa shape index (κ2) is 6.93. The van der Waals surface area contributed by atoms with Gasteiger partial charge >= 0.3 is 5.63 Å². The molecule has 128 valence electrons. The summed E-state index contributed by atoms with van der Waals surface area (Å²) >= 11 is 0. The van der Waals surface area contributed by atoms with Gasteiger partial charge in [-0.3, -0.25) is 4.79 Å². The van der Waals surface area contributed by atoms with E-state index in [0.29, 0.717) is 23.3 Å². The van der Waals surface area contributed by atoms with Gasteiger partial charge < -0.3 is 9.15 Å². The molecule has 0 aliphatic carbocycles. The average Bonchev–Trinajstić information content (AvgIpc) is 2.58. The number of ether oxygens (including phenoxy) is 1. The Bertz CT molecular complexity index is 981. The molecular weight excluding hydrogens is 316 g/mol. The highest BCUT2D eigenvalue weighted by Crippen LogP contribution is 2.30. The molecule has 0 radical (unpaired) electrons. The van der Waals surface area contributed by atoms with Gasteiger partial charge in [0.25, 0.3) is 0 Å². The zero-order valence-corrected chi connectivity index (χ0v) is 14.6. The van der Waals surface area contributed by atoms with E-state index in [9.17, 15) is 9.59 Å². The molecule has 25 heavy (non-hydrogen) atoms. The maximum Gasteiger partial charge on any atom is 0.336 e. The number of fused-ring (bicyclic) bond motifs is 1. The number of ketones is 1. The molecule has 3 rings (SSSR count). The molecule has 0 bridgehead atoms. The van der Waals surface area contributed by atoms with E-state index in [2.05, 4.69) is 0 Å². The first-order chi connectivity index (χ1) is 12.0. The number of carbonyl (C=O) groups excluding carboxylic acids is 1. The molecule has 0 aliphatic heterocycles. The van der Waals surface area contributed by atoms with Gasteiger partial charge in [0, 0.05) is 11.6 Å². The zero-order valence-electron chi connectivity index (χ0n) is 14.6. The lowest BCUT2D eigenvalue weighted by Gasteiger charge is -2.12. The van der Waals surface area contributed by atoms with Crippen LogP contribution in [0.3, 0.4) is 0 Å². The number of benzene rings is 2.